The summed E-state index contributed by atoms with van der Waals surface area (Å²) < 4.78 is 2.31. The predicted octanol–water partition coefficient (Wildman–Crippen LogP) is 5.00. The maximum atomic E-state index is 4.26. The molecule has 2 heteroatoms. The number of aromatic nitrogens is 2. The van der Waals surface area contributed by atoms with Crippen LogP contribution in [0.15, 0.2) is 42.7 Å². The average molecular weight is 317 g/mol. The zero-order chi connectivity index (χ0) is 16.7. The van der Waals surface area contributed by atoms with Gasteiger partial charge in [0.15, 0.2) is 5.69 Å². The van der Waals surface area contributed by atoms with E-state index in [0.717, 1.165) is 5.92 Å². The molecule has 1 saturated carbocycles. The smallest absolute Gasteiger partial charge is 0.220 e. The number of pyridine rings is 2. The van der Waals surface area contributed by atoms with Crippen molar-refractivity contribution >= 4 is 10.8 Å². The van der Waals surface area contributed by atoms with E-state index < -0.39 is 0 Å². The molecule has 0 unspecified atom stereocenters. The van der Waals surface area contributed by atoms with Crippen molar-refractivity contribution < 1.29 is 4.57 Å². The molecule has 24 heavy (non-hydrogen) atoms. The van der Waals surface area contributed by atoms with Gasteiger partial charge < -0.3 is 0 Å². The number of benzene rings is 1. The van der Waals surface area contributed by atoms with Crippen LogP contribution in [0.25, 0.3) is 22.0 Å². The third kappa shape index (κ3) is 2.50. The van der Waals surface area contributed by atoms with Crippen LogP contribution in [0, 0.1) is 13.8 Å². The Labute approximate surface area is 144 Å². The maximum absolute atomic E-state index is 4.26. The minimum absolute atomic E-state index is 0.759. The first kappa shape index (κ1) is 15.3. The molecule has 0 bridgehead atoms. The zero-order valence-electron chi connectivity index (χ0n) is 14.8. The van der Waals surface area contributed by atoms with Gasteiger partial charge in [-0.2, -0.15) is 4.57 Å². The van der Waals surface area contributed by atoms with E-state index in [1.807, 2.05) is 12.4 Å². The Balaban J connectivity index is 1.95. The highest BCUT2D eigenvalue weighted by Gasteiger charge is 2.22. The molecule has 1 aromatic carbocycles. The lowest BCUT2D eigenvalue weighted by atomic mass is 9.93. The number of fused-ring (bicyclic) bond motifs is 1. The molecule has 4 rings (SSSR count). The lowest BCUT2D eigenvalue weighted by Gasteiger charge is -2.13. The summed E-state index contributed by atoms with van der Waals surface area (Å²) in [4.78, 5) is 4.26. The van der Waals surface area contributed by atoms with E-state index in [9.17, 15) is 0 Å². The van der Waals surface area contributed by atoms with E-state index in [-0.39, 0.29) is 0 Å². The topological polar surface area (TPSA) is 16.8 Å². The van der Waals surface area contributed by atoms with Crippen LogP contribution in [0.4, 0.5) is 0 Å². The third-order valence-corrected chi connectivity index (χ3v) is 5.66. The fraction of sp³-hybridized carbons (Fsp3) is 0.364. The summed E-state index contributed by atoms with van der Waals surface area (Å²) in [5.41, 5.74) is 6.60. The van der Waals surface area contributed by atoms with Gasteiger partial charge in [-0.15, -0.1) is 0 Å². The van der Waals surface area contributed by atoms with E-state index in [2.05, 4.69) is 60.8 Å². The van der Waals surface area contributed by atoms with Crippen molar-refractivity contribution in [2.24, 2.45) is 7.05 Å². The predicted molar refractivity (Wildman–Crippen MR) is 99.0 cm³/mol. The van der Waals surface area contributed by atoms with Gasteiger partial charge in [-0.05, 0) is 54.3 Å². The summed E-state index contributed by atoms with van der Waals surface area (Å²) in [6.07, 6.45) is 9.31. The molecular weight excluding hydrogens is 292 g/mol. The number of aryl methyl sites for hydroxylation is 2. The average Bonchev–Trinajstić information content (AvgIpc) is 3.11. The molecule has 2 nitrogen and oxygen atoms in total. The fourth-order valence-corrected chi connectivity index (χ4v) is 4.17. The van der Waals surface area contributed by atoms with Crippen LogP contribution < -0.4 is 4.57 Å². The van der Waals surface area contributed by atoms with Gasteiger partial charge in [0.1, 0.15) is 7.05 Å². The number of rotatable bonds is 2. The highest BCUT2D eigenvalue weighted by molar-refractivity contribution is 5.94. The minimum Gasteiger partial charge on any atom is -0.264 e. The Bertz CT molecular complexity index is 905. The van der Waals surface area contributed by atoms with Crippen LogP contribution in [0.1, 0.15) is 48.4 Å². The second kappa shape index (κ2) is 6.01. The van der Waals surface area contributed by atoms with Crippen molar-refractivity contribution in [1.29, 1.82) is 0 Å². The lowest BCUT2D eigenvalue weighted by Crippen LogP contribution is -2.35. The van der Waals surface area contributed by atoms with Gasteiger partial charge in [-0.3, -0.25) is 4.98 Å². The van der Waals surface area contributed by atoms with Crippen molar-refractivity contribution in [1.82, 2.24) is 4.98 Å². The van der Waals surface area contributed by atoms with E-state index in [0.29, 0.717) is 0 Å². The van der Waals surface area contributed by atoms with Gasteiger partial charge in [-0.1, -0.05) is 25.0 Å². The molecule has 122 valence electrons. The molecule has 0 spiro atoms. The summed E-state index contributed by atoms with van der Waals surface area (Å²) in [6, 6.07) is 11.6. The lowest BCUT2D eigenvalue weighted by molar-refractivity contribution is -0.665. The van der Waals surface area contributed by atoms with Gasteiger partial charge in [0.2, 0.25) is 5.69 Å². The fourth-order valence-electron chi connectivity index (χ4n) is 4.17. The second-order valence-corrected chi connectivity index (χ2v) is 7.21. The Morgan fingerprint density at radius 1 is 1.04 bits per heavy atom. The Morgan fingerprint density at radius 2 is 1.83 bits per heavy atom. The summed E-state index contributed by atoms with van der Waals surface area (Å²) in [5.74, 6) is 0.759. The van der Waals surface area contributed by atoms with Crippen LogP contribution >= 0.6 is 0 Å². The number of nitrogens with zero attached hydrogens (tertiary/aromatic N) is 2. The summed E-state index contributed by atoms with van der Waals surface area (Å²) >= 11 is 0. The normalized spacial score (nSPS) is 15.3. The van der Waals surface area contributed by atoms with Crippen LogP contribution in [-0.4, -0.2) is 4.98 Å². The van der Waals surface area contributed by atoms with Crippen molar-refractivity contribution in [2.75, 3.05) is 0 Å². The Kier molecular flexibility index (Phi) is 3.84. The highest BCUT2D eigenvalue weighted by Crippen LogP contribution is 2.36. The molecule has 0 aliphatic heterocycles. The van der Waals surface area contributed by atoms with Crippen LogP contribution in [0.2, 0.25) is 0 Å². The molecule has 1 aliphatic carbocycles. The Morgan fingerprint density at radius 3 is 2.58 bits per heavy atom. The molecule has 3 aromatic rings. The first-order valence-electron chi connectivity index (χ1n) is 8.99. The van der Waals surface area contributed by atoms with Gasteiger partial charge in [0.25, 0.3) is 0 Å². The molecule has 2 heterocycles. The summed E-state index contributed by atoms with van der Waals surface area (Å²) in [6.45, 7) is 4.34. The minimum atomic E-state index is 0.759. The number of hydrogen-bond acceptors (Lipinski definition) is 1. The van der Waals surface area contributed by atoms with Crippen molar-refractivity contribution in [3.05, 3.63) is 59.5 Å². The van der Waals surface area contributed by atoms with Crippen LogP contribution in [0.3, 0.4) is 0 Å². The number of hydrogen-bond donors (Lipinski definition) is 0. The van der Waals surface area contributed by atoms with Gasteiger partial charge in [0.05, 0.1) is 10.9 Å². The molecule has 1 aliphatic rings. The molecule has 1 fully saturated rings. The van der Waals surface area contributed by atoms with Gasteiger partial charge in [0, 0.05) is 25.4 Å². The molecule has 0 N–H and O–H groups in total. The molecule has 0 radical (unpaired) electrons. The Hall–Kier alpha value is -2.22. The molecule has 2 aromatic heterocycles. The monoisotopic (exact) mass is 317 g/mol. The zero-order valence-corrected chi connectivity index (χ0v) is 14.8. The van der Waals surface area contributed by atoms with Crippen LogP contribution in [-0.2, 0) is 7.05 Å². The third-order valence-electron chi connectivity index (χ3n) is 5.66. The first-order valence-corrected chi connectivity index (χ1v) is 8.99. The second-order valence-electron chi connectivity index (χ2n) is 7.21. The quantitative estimate of drug-likeness (QED) is 0.608. The SMILES string of the molecule is Cc1cnccc1-c1c2ccc(C3CCCC3)cc2cc(C)[n+]1C. The van der Waals surface area contributed by atoms with E-state index in [4.69, 9.17) is 0 Å². The van der Waals surface area contributed by atoms with Crippen LogP contribution in [0.5, 0.6) is 0 Å². The molecular formula is C22H25N2+. The highest BCUT2D eigenvalue weighted by atomic mass is 14.9. The largest absolute Gasteiger partial charge is 0.264 e. The molecule has 0 saturated heterocycles. The summed E-state index contributed by atoms with van der Waals surface area (Å²) in [7, 11) is 2.16. The van der Waals surface area contributed by atoms with Crippen molar-refractivity contribution in [3.63, 3.8) is 0 Å². The van der Waals surface area contributed by atoms with Crippen molar-refractivity contribution in [2.45, 2.75) is 45.4 Å². The van der Waals surface area contributed by atoms with Gasteiger partial charge in [-0.25, -0.2) is 0 Å². The maximum Gasteiger partial charge on any atom is 0.220 e. The van der Waals surface area contributed by atoms with E-state index >= 15 is 0 Å². The van der Waals surface area contributed by atoms with Crippen molar-refractivity contribution in [3.8, 4) is 11.3 Å². The standard InChI is InChI=1S/C22H25N2/c1-15-14-23-11-10-20(15)22-21-9-8-18(17-6-4-5-7-17)13-19(21)12-16(2)24(22)3/h8-14,17H,4-7H2,1-3H3/q+1. The molecule has 0 amide bonds. The van der Waals surface area contributed by atoms with Gasteiger partial charge >= 0.3 is 0 Å². The first-order chi connectivity index (χ1) is 11.6. The molecule has 0 atom stereocenters. The summed E-state index contributed by atoms with van der Waals surface area (Å²) in [5, 5.41) is 2.69. The van der Waals surface area contributed by atoms with E-state index in [1.165, 1.54) is 64.5 Å². The van der Waals surface area contributed by atoms with E-state index in [1.54, 1.807) is 0 Å².